The monoisotopic (exact) mass is 491 g/mol. The van der Waals surface area contributed by atoms with Gasteiger partial charge in [-0.05, 0) is 23.1 Å². The van der Waals surface area contributed by atoms with Gasteiger partial charge in [0, 0.05) is 0 Å². The molecule has 3 aromatic carbocycles. The number of alkyl carbamates (subject to hydrolysis) is 1. The molecule has 3 atom stereocenters. The third-order valence-corrected chi connectivity index (χ3v) is 5.44. The zero-order valence-electron chi connectivity index (χ0n) is 20.2. The summed E-state index contributed by atoms with van der Waals surface area (Å²) in [5.74, 6) is -4.74. The van der Waals surface area contributed by atoms with Crippen LogP contribution in [0.15, 0.2) is 91.0 Å². The summed E-state index contributed by atoms with van der Waals surface area (Å²) in [4.78, 5) is 50.6. The SMILES string of the molecule is [2H]OC(=O)C(Cc1ccccc1)[C@H](NC(=O)OCc1ccccc1)C(=O)NC(C(=O)O)c1ccccc1. The van der Waals surface area contributed by atoms with Crippen molar-refractivity contribution in [2.45, 2.75) is 25.1 Å². The fraction of sp³-hybridized carbons (Fsp3) is 0.185. The van der Waals surface area contributed by atoms with E-state index in [0.717, 1.165) is 0 Å². The van der Waals surface area contributed by atoms with Gasteiger partial charge in [-0.15, -0.1) is 0 Å². The zero-order valence-corrected chi connectivity index (χ0v) is 19.2. The normalized spacial score (nSPS) is 13.3. The number of ether oxygens (including phenoxy) is 1. The summed E-state index contributed by atoms with van der Waals surface area (Å²) >= 11 is 0. The van der Waals surface area contributed by atoms with E-state index < -0.39 is 41.9 Å². The smallest absolute Gasteiger partial charge is 0.408 e. The summed E-state index contributed by atoms with van der Waals surface area (Å²) in [5, 5.41) is 18.7. The second-order valence-electron chi connectivity index (χ2n) is 7.99. The molecule has 9 nitrogen and oxygen atoms in total. The van der Waals surface area contributed by atoms with E-state index in [1.165, 1.54) is 12.1 Å². The number of carboxylic acid groups (broad SMARTS) is 2. The highest BCUT2D eigenvalue weighted by Crippen LogP contribution is 2.18. The van der Waals surface area contributed by atoms with E-state index >= 15 is 0 Å². The first kappa shape index (κ1) is 24.5. The van der Waals surface area contributed by atoms with E-state index in [1.54, 1.807) is 78.9 Å². The third kappa shape index (κ3) is 7.42. The molecule has 3 rings (SSSR count). The lowest BCUT2D eigenvalue weighted by Gasteiger charge is -2.26. The van der Waals surface area contributed by atoms with Gasteiger partial charge in [-0.25, -0.2) is 9.59 Å². The molecular weight excluding hydrogens is 464 g/mol. The van der Waals surface area contributed by atoms with E-state index in [4.69, 9.17) is 6.17 Å². The van der Waals surface area contributed by atoms with Crippen LogP contribution in [0.1, 0.15) is 22.7 Å². The molecule has 0 spiro atoms. The Bertz CT molecular complexity index is 1190. The van der Waals surface area contributed by atoms with E-state index in [2.05, 4.69) is 15.7 Å². The summed E-state index contributed by atoms with van der Waals surface area (Å²) in [6.07, 6.45) is -1.08. The van der Waals surface area contributed by atoms with Gasteiger partial charge < -0.3 is 25.6 Å². The molecular formula is C27H26N2O7. The second kappa shape index (κ2) is 12.7. The van der Waals surface area contributed by atoms with Crippen LogP contribution in [0.4, 0.5) is 4.79 Å². The van der Waals surface area contributed by atoms with E-state index in [1.807, 2.05) is 0 Å². The Balaban J connectivity index is 1.87. The maximum atomic E-state index is 13.4. The van der Waals surface area contributed by atoms with Crippen molar-refractivity contribution in [3.8, 4) is 0 Å². The Labute approximate surface area is 209 Å². The maximum Gasteiger partial charge on any atom is 0.408 e. The summed E-state index contributed by atoms with van der Waals surface area (Å²) in [7, 11) is 0. The number of hydrogen-bond acceptors (Lipinski definition) is 6. The molecule has 2 amide bonds. The molecule has 9 heteroatoms. The molecule has 0 bridgehead atoms. The van der Waals surface area contributed by atoms with Crippen molar-refractivity contribution in [2.24, 2.45) is 5.92 Å². The van der Waals surface area contributed by atoms with Crippen LogP contribution in [-0.4, -0.2) is 40.2 Å². The Morgan fingerprint density at radius 1 is 0.778 bits per heavy atom. The molecule has 2 unspecified atom stereocenters. The summed E-state index contributed by atoms with van der Waals surface area (Å²) < 4.78 is 12.4. The van der Waals surface area contributed by atoms with Crippen LogP contribution >= 0.6 is 0 Å². The molecule has 0 heterocycles. The van der Waals surface area contributed by atoms with Crippen LogP contribution in [0.5, 0.6) is 0 Å². The predicted octanol–water partition coefficient (Wildman–Crippen LogP) is 3.17. The first-order valence-electron chi connectivity index (χ1n) is 11.6. The highest BCUT2D eigenvalue weighted by molar-refractivity contribution is 5.93. The molecule has 186 valence electrons. The number of nitrogens with one attached hydrogen (secondary N) is 2. The Morgan fingerprint density at radius 3 is 1.89 bits per heavy atom. The largest absolute Gasteiger partial charge is 0.481 e. The average molecular weight is 492 g/mol. The number of carbonyl (C=O) groups excluding carboxylic acids is 2. The molecule has 0 aliphatic rings. The maximum absolute atomic E-state index is 13.4. The Kier molecular flexibility index (Phi) is 8.63. The van der Waals surface area contributed by atoms with Crippen molar-refractivity contribution in [1.82, 2.24) is 10.6 Å². The fourth-order valence-electron chi connectivity index (χ4n) is 3.61. The number of carboxylic acids is 2. The van der Waals surface area contributed by atoms with Gasteiger partial charge >= 0.3 is 18.0 Å². The minimum atomic E-state index is -1.60. The van der Waals surface area contributed by atoms with Gasteiger partial charge in [0.1, 0.15) is 12.6 Å². The van der Waals surface area contributed by atoms with Crippen LogP contribution in [0, 0.1) is 5.92 Å². The first-order valence-corrected chi connectivity index (χ1v) is 11.1. The van der Waals surface area contributed by atoms with Crippen LogP contribution in [-0.2, 0) is 32.1 Å². The fourth-order valence-corrected chi connectivity index (χ4v) is 3.61. The number of aliphatic carboxylic acids is 2. The van der Waals surface area contributed by atoms with Crippen molar-refractivity contribution >= 4 is 23.9 Å². The highest BCUT2D eigenvalue weighted by atomic mass is 16.5. The van der Waals surface area contributed by atoms with Crippen LogP contribution in [0.2, 0.25) is 0 Å². The number of benzene rings is 3. The molecule has 0 aliphatic heterocycles. The lowest BCUT2D eigenvalue weighted by Crippen LogP contribution is -2.54. The second-order valence-corrected chi connectivity index (χ2v) is 7.99. The molecule has 0 radical (unpaired) electrons. The third-order valence-electron chi connectivity index (χ3n) is 5.44. The molecule has 0 saturated heterocycles. The number of amides is 2. The van der Waals surface area contributed by atoms with Gasteiger partial charge in [0.2, 0.25) is 5.91 Å². The first-order chi connectivity index (χ1) is 17.9. The number of carbonyl (C=O) groups is 4. The highest BCUT2D eigenvalue weighted by Gasteiger charge is 2.37. The summed E-state index contributed by atoms with van der Waals surface area (Å²) in [5.41, 5.74) is 1.62. The van der Waals surface area contributed by atoms with Crippen molar-refractivity contribution in [1.29, 1.82) is 1.43 Å². The Hall–Kier alpha value is -4.66. The molecule has 0 saturated carbocycles. The summed E-state index contributed by atoms with van der Waals surface area (Å²) in [6, 6.07) is 22.4. The quantitative estimate of drug-likeness (QED) is 0.323. The van der Waals surface area contributed by atoms with E-state index in [-0.39, 0.29) is 18.6 Å². The molecule has 4 N–H and O–H groups in total. The van der Waals surface area contributed by atoms with Crippen LogP contribution in [0.3, 0.4) is 0 Å². The van der Waals surface area contributed by atoms with Gasteiger partial charge in [0.15, 0.2) is 6.04 Å². The molecule has 0 fully saturated rings. The van der Waals surface area contributed by atoms with Gasteiger partial charge in [-0.2, -0.15) is 0 Å². The molecule has 0 aliphatic carbocycles. The van der Waals surface area contributed by atoms with E-state index in [9.17, 15) is 24.3 Å². The standard InChI is InChI=1S/C27H26N2O7/c30-24(28-22(26(33)34)20-14-8-3-9-15-20)23(21(25(31)32)16-18-10-4-1-5-11-18)29-27(35)36-17-19-12-6-2-7-13-19/h1-15,21-23H,16-17H2,(H,28,30)(H,29,35)(H,31,32)(H,33,34)/t21?,22?,23-/m0/s1/i/hD. The minimum absolute atomic E-state index is 0.0708. The molecule has 3 aromatic rings. The molecule has 36 heavy (non-hydrogen) atoms. The molecule has 0 aromatic heterocycles. The van der Waals surface area contributed by atoms with Crippen molar-refractivity contribution in [2.75, 3.05) is 0 Å². The average Bonchev–Trinajstić information content (AvgIpc) is 2.93. The number of rotatable bonds is 11. The van der Waals surface area contributed by atoms with E-state index in [0.29, 0.717) is 11.1 Å². The van der Waals surface area contributed by atoms with Gasteiger partial charge in [0.05, 0.1) is 5.92 Å². The van der Waals surface area contributed by atoms with Crippen molar-refractivity contribution < 1.29 is 34.1 Å². The lowest BCUT2D eigenvalue weighted by molar-refractivity contribution is -0.146. The predicted molar refractivity (Wildman–Crippen MR) is 130 cm³/mol. The minimum Gasteiger partial charge on any atom is -0.481 e. The van der Waals surface area contributed by atoms with Crippen molar-refractivity contribution in [3.05, 3.63) is 108 Å². The topological polar surface area (TPSA) is 142 Å². The van der Waals surface area contributed by atoms with Gasteiger partial charge in [-0.3, -0.25) is 9.59 Å². The van der Waals surface area contributed by atoms with Crippen LogP contribution in [0.25, 0.3) is 1.43 Å². The van der Waals surface area contributed by atoms with Crippen LogP contribution < -0.4 is 10.6 Å². The zero-order chi connectivity index (χ0) is 26.6. The van der Waals surface area contributed by atoms with Crippen molar-refractivity contribution in [3.63, 3.8) is 0 Å². The summed E-state index contributed by atoms with van der Waals surface area (Å²) in [6.45, 7) is -0.102. The van der Waals surface area contributed by atoms with Gasteiger partial charge in [-0.1, -0.05) is 91.0 Å². The number of hydrogen-bond donors (Lipinski definition) is 4. The van der Waals surface area contributed by atoms with Gasteiger partial charge in [0.25, 0.3) is 1.43 Å². The Morgan fingerprint density at radius 2 is 1.33 bits per heavy atom. The lowest BCUT2D eigenvalue weighted by atomic mass is 9.91.